The Morgan fingerprint density at radius 1 is 1.12 bits per heavy atom. The van der Waals surface area contributed by atoms with Crippen molar-refractivity contribution in [3.63, 3.8) is 0 Å². The number of Topliss-reactive ketones (excluding diaryl/α,β-unsaturated/α-hetero) is 2. The highest BCUT2D eigenvalue weighted by Crippen LogP contribution is 2.18. The van der Waals surface area contributed by atoms with Gasteiger partial charge in [0.15, 0.2) is 5.78 Å². The summed E-state index contributed by atoms with van der Waals surface area (Å²) in [7, 11) is 0. The summed E-state index contributed by atoms with van der Waals surface area (Å²) in [4.78, 5) is 35.6. The third kappa shape index (κ3) is 7.84. The van der Waals surface area contributed by atoms with Crippen molar-refractivity contribution < 1.29 is 19.5 Å². The molecule has 0 bridgehead atoms. The normalized spacial score (nSPS) is 12.0. The molecule has 132 valence electrons. The van der Waals surface area contributed by atoms with E-state index >= 15 is 0 Å². The van der Waals surface area contributed by atoms with Gasteiger partial charge in [0.05, 0.1) is 6.54 Å². The predicted octanol–water partition coefficient (Wildman–Crippen LogP) is 2.29. The van der Waals surface area contributed by atoms with Crippen molar-refractivity contribution in [2.75, 3.05) is 13.2 Å². The zero-order valence-electron chi connectivity index (χ0n) is 14.0. The average Bonchev–Trinajstić information content (AvgIpc) is 2.53. The fourth-order valence-corrected chi connectivity index (χ4v) is 2.68. The van der Waals surface area contributed by atoms with Crippen LogP contribution in [0, 0.1) is 11.8 Å². The van der Waals surface area contributed by atoms with Crippen molar-refractivity contribution in [1.82, 2.24) is 5.32 Å². The zero-order chi connectivity index (χ0) is 18.1. The molecule has 0 spiro atoms. The molecule has 0 aliphatic rings. The molecule has 0 fully saturated rings. The topological polar surface area (TPSA) is 83.5 Å². The second kappa shape index (κ2) is 10.4. The summed E-state index contributed by atoms with van der Waals surface area (Å²) in [5.41, 5.74) is 0.905. The fraction of sp³-hybridized carbons (Fsp3) is 0.500. The number of amides is 1. The molecular weight excluding hydrogens is 374 g/mol. The van der Waals surface area contributed by atoms with E-state index in [0.29, 0.717) is 6.42 Å². The number of carbonyl (C=O) groups is 3. The van der Waals surface area contributed by atoms with Gasteiger partial charge >= 0.3 is 0 Å². The van der Waals surface area contributed by atoms with Crippen LogP contribution in [0.25, 0.3) is 0 Å². The smallest absolute Gasteiger partial charge is 0.223 e. The third-order valence-electron chi connectivity index (χ3n) is 3.55. The molecule has 5 nitrogen and oxygen atoms in total. The molecule has 1 atom stereocenters. The number of aliphatic hydroxyl groups is 1. The quantitative estimate of drug-likeness (QED) is 0.634. The van der Waals surface area contributed by atoms with Gasteiger partial charge in [-0.05, 0) is 30.0 Å². The standard InChI is InChI=1S/C18H24BrNO4/c1-12(2)7-14(18(24)20-10-17(23)11-21)9-16(22)8-13-3-5-15(19)6-4-13/h3-6,12,14,21H,7-11H2,1-2H3,(H,20,24)/t14-/m1/s1. The monoisotopic (exact) mass is 397 g/mol. The second-order valence-corrected chi connectivity index (χ2v) is 7.20. The molecule has 0 saturated carbocycles. The van der Waals surface area contributed by atoms with Crippen LogP contribution in [0.1, 0.15) is 32.3 Å². The number of halogens is 1. The van der Waals surface area contributed by atoms with Gasteiger partial charge in [0.1, 0.15) is 12.4 Å². The van der Waals surface area contributed by atoms with Gasteiger partial charge in [-0.2, -0.15) is 0 Å². The maximum absolute atomic E-state index is 12.3. The number of hydrogen-bond acceptors (Lipinski definition) is 4. The number of carbonyl (C=O) groups excluding carboxylic acids is 3. The predicted molar refractivity (Wildman–Crippen MR) is 95.5 cm³/mol. The summed E-state index contributed by atoms with van der Waals surface area (Å²) < 4.78 is 0.948. The molecule has 1 aromatic rings. The molecule has 6 heteroatoms. The van der Waals surface area contributed by atoms with Gasteiger partial charge in [-0.3, -0.25) is 14.4 Å². The number of rotatable bonds is 10. The second-order valence-electron chi connectivity index (χ2n) is 6.29. The molecule has 1 rings (SSSR count). The van der Waals surface area contributed by atoms with Crippen LogP contribution >= 0.6 is 15.9 Å². The summed E-state index contributed by atoms with van der Waals surface area (Å²) in [6, 6.07) is 7.50. The van der Waals surface area contributed by atoms with E-state index in [1.807, 2.05) is 38.1 Å². The fourth-order valence-electron chi connectivity index (χ4n) is 2.41. The van der Waals surface area contributed by atoms with E-state index in [4.69, 9.17) is 5.11 Å². The van der Waals surface area contributed by atoms with Crippen molar-refractivity contribution in [1.29, 1.82) is 0 Å². The van der Waals surface area contributed by atoms with Crippen molar-refractivity contribution in [3.8, 4) is 0 Å². The Balaban J connectivity index is 2.63. The van der Waals surface area contributed by atoms with Gasteiger partial charge < -0.3 is 10.4 Å². The number of nitrogens with one attached hydrogen (secondary N) is 1. The van der Waals surface area contributed by atoms with E-state index in [0.717, 1.165) is 10.0 Å². The van der Waals surface area contributed by atoms with E-state index < -0.39 is 18.3 Å². The molecule has 0 saturated heterocycles. The highest BCUT2D eigenvalue weighted by atomic mass is 79.9. The minimum absolute atomic E-state index is 0.00777. The van der Waals surface area contributed by atoms with Crippen molar-refractivity contribution in [3.05, 3.63) is 34.3 Å². The van der Waals surface area contributed by atoms with E-state index in [-0.39, 0.29) is 37.0 Å². The number of ketones is 2. The van der Waals surface area contributed by atoms with Crippen molar-refractivity contribution in [2.24, 2.45) is 11.8 Å². The lowest BCUT2D eigenvalue weighted by Crippen LogP contribution is -2.37. The maximum atomic E-state index is 12.3. The Morgan fingerprint density at radius 2 is 1.75 bits per heavy atom. The van der Waals surface area contributed by atoms with Crippen LogP contribution in [0.3, 0.4) is 0 Å². The van der Waals surface area contributed by atoms with E-state index in [1.165, 1.54) is 0 Å². The Kier molecular flexibility index (Phi) is 8.85. The van der Waals surface area contributed by atoms with Crippen LogP contribution < -0.4 is 5.32 Å². The Morgan fingerprint density at radius 3 is 2.29 bits per heavy atom. The van der Waals surface area contributed by atoms with E-state index in [9.17, 15) is 14.4 Å². The SMILES string of the molecule is CC(C)C[C@H](CC(=O)Cc1ccc(Br)cc1)C(=O)NCC(=O)CO. The Bertz CT molecular complexity index is 569. The number of hydrogen-bond donors (Lipinski definition) is 2. The van der Waals surface area contributed by atoms with Gasteiger partial charge in [0.2, 0.25) is 5.91 Å². The first-order valence-corrected chi connectivity index (χ1v) is 8.77. The molecular formula is C18H24BrNO4. The number of aliphatic hydroxyl groups excluding tert-OH is 1. The molecule has 1 aromatic carbocycles. The molecule has 2 N–H and O–H groups in total. The zero-order valence-corrected chi connectivity index (χ0v) is 15.6. The van der Waals surface area contributed by atoms with E-state index in [2.05, 4.69) is 21.2 Å². The van der Waals surface area contributed by atoms with Crippen LogP contribution in [-0.4, -0.2) is 35.7 Å². The van der Waals surface area contributed by atoms with Crippen LogP contribution in [-0.2, 0) is 20.8 Å². The van der Waals surface area contributed by atoms with Gasteiger partial charge in [-0.1, -0.05) is 41.9 Å². The van der Waals surface area contributed by atoms with Crippen molar-refractivity contribution >= 4 is 33.4 Å². The van der Waals surface area contributed by atoms with Gasteiger partial charge in [-0.25, -0.2) is 0 Å². The Hall–Kier alpha value is -1.53. The summed E-state index contributed by atoms with van der Waals surface area (Å²) >= 11 is 3.35. The first-order valence-electron chi connectivity index (χ1n) is 7.98. The van der Waals surface area contributed by atoms with Gasteiger partial charge in [-0.15, -0.1) is 0 Å². The summed E-state index contributed by atoms with van der Waals surface area (Å²) in [5.74, 6) is -0.969. The first kappa shape index (κ1) is 20.5. The molecule has 0 unspecified atom stereocenters. The molecule has 0 radical (unpaired) electrons. The average molecular weight is 398 g/mol. The third-order valence-corrected chi connectivity index (χ3v) is 4.08. The van der Waals surface area contributed by atoms with Crippen molar-refractivity contribution in [2.45, 2.75) is 33.1 Å². The van der Waals surface area contributed by atoms with Crippen LogP contribution in [0.4, 0.5) is 0 Å². The summed E-state index contributed by atoms with van der Waals surface area (Å²) in [5, 5.41) is 11.2. The highest BCUT2D eigenvalue weighted by molar-refractivity contribution is 9.10. The van der Waals surface area contributed by atoms with Gasteiger partial charge in [0, 0.05) is 23.2 Å². The molecule has 0 aromatic heterocycles. The molecule has 1 amide bonds. The first-order chi connectivity index (χ1) is 11.3. The molecule has 0 aliphatic carbocycles. The minimum Gasteiger partial charge on any atom is -0.389 e. The summed E-state index contributed by atoms with van der Waals surface area (Å²) in [6.07, 6.45) is 1.00. The number of benzene rings is 1. The molecule has 24 heavy (non-hydrogen) atoms. The van der Waals surface area contributed by atoms with Crippen LogP contribution in [0.15, 0.2) is 28.7 Å². The minimum atomic E-state index is -0.600. The maximum Gasteiger partial charge on any atom is 0.223 e. The Labute approximate surface area is 151 Å². The van der Waals surface area contributed by atoms with Crippen LogP contribution in [0.5, 0.6) is 0 Å². The lowest BCUT2D eigenvalue weighted by molar-refractivity contribution is -0.131. The highest BCUT2D eigenvalue weighted by Gasteiger charge is 2.23. The van der Waals surface area contributed by atoms with Gasteiger partial charge in [0.25, 0.3) is 0 Å². The summed E-state index contributed by atoms with van der Waals surface area (Å²) in [6.45, 7) is 3.17. The largest absolute Gasteiger partial charge is 0.389 e. The molecule has 0 heterocycles. The van der Waals surface area contributed by atoms with E-state index in [1.54, 1.807) is 0 Å². The van der Waals surface area contributed by atoms with Crippen LogP contribution in [0.2, 0.25) is 0 Å². The molecule has 0 aliphatic heterocycles. The lowest BCUT2D eigenvalue weighted by Gasteiger charge is -2.18. The lowest BCUT2D eigenvalue weighted by atomic mass is 9.90.